The lowest BCUT2D eigenvalue weighted by Crippen LogP contribution is -2.66. The molecule has 0 radical (unpaired) electrons. The Balaban J connectivity index is 1.90. The number of rotatable bonds is 8. The fourth-order valence-electron chi connectivity index (χ4n) is 3.29. The summed E-state index contributed by atoms with van der Waals surface area (Å²) in [6, 6.07) is 10.5. The lowest BCUT2D eigenvalue weighted by Gasteiger charge is -2.31. The summed E-state index contributed by atoms with van der Waals surface area (Å²) in [5, 5.41) is 15.3. The van der Waals surface area contributed by atoms with E-state index in [0.29, 0.717) is 16.3 Å². The molecular formula is C25H27BrN4O4S. The molecule has 0 aliphatic carbocycles. The molecule has 0 spiro atoms. The van der Waals surface area contributed by atoms with E-state index in [4.69, 9.17) is 0 Å². The van der Waals surface area contributed by atoms with Crippen molar-refractivity contribution in [1.29, 1.82) is 0 Å². The summed E-state index contributed by atoms with van der Waals surface area (Å²) in [6.07, 6.45) is 3.19. The van der Waals surface area contributed by atoms with Gasteiger partial charge >= 0.3 is 5.97 Å². The van der Waals surface area contributed by atoms with Gasteiger partial charge in [0.05, 0.1) is 9.35 Å². The molecule has 2 heterocycles. The summed E-state index contributed by atoms with van der Waals surface area (Å²) >= 11 is 4.60. The first kappa shape index (κ1) is 26.5. The molecule has 10 heteroatoms. The van der Waals surface area contributed by atoms with E-state index in [1.165, 1.54) is 11.3 Å². The maximum absolute atomic E-state index is 13.1. The van der Waals surface area contributed by atoms with Gasteiger partial charge in [-0.3, -0.25) is 9.59 Å². The summed E-state index contributed by atoms with van der Waals surface area (Å²) in [6.45, 7) is 7.72. The van der Waals surface area contributed by atoms with Crippen LogP contribution in [-0.2, 0) is 21.4 Å². The molecule has 3 rings (SSSR count). The molecule has 2 aromatic heterocycles. The lowest BCUT2D eigenvalue weighted by atomic mass is 9.95. The largest absolute Gasteiger partial charge is 0.478 e. The molecule has 3 N–H and O–H groups in total. The van der Waals surface area contributed by atoms with Gasteiger partial charge in [0.1, 0.15) is 0 Å². The third kappa shape index (κ3) is 6.52. The zero-order chi connectivity index (χ0) is 25.8. The molecule has 35 heavy (non-hydrogen) atoms. The minimum Gasteiger partial charge on any atom is -0.478 e. The zero-order valence-electron chi connectivity index (χ0n) is 19.9. The average Bonchev–Trinajstić information content (AvgIpc) is 3.31. The number of halogens is 1. The molecule has 0 unspecified atom stereocenters. The van der Waals surface area contributed by atoms with Crippen molar-refractivity contribution in [2.45, 2.75) is 51.6 Å². The summed E-state index contributed by atoms with van der Waals surface area (Å²) in [5.41, 5.74) is -0.821. The van der Waals surface area contributed by atoms with Crippen LogP contribution in [0.1, 0.15) is 54.2 Å². The Labute approximate surface area is 216 Å². The molecule has 8 nitrogen and oxygen atoms in total. The van der Waals surface area contributed by atoms with Crippen molar-refractivity contribution in [2.24, 2.45) is 0 Å². The Morgan fingerprint density at radius 2 is 1.63 bits per heavy atom. The van der Waals surface area contributed by atoms with E-state index >= 15 is 0 Å². The van der Waals surface area contributed by atoms with Gasteiger partial charge in [-0.1, -0.05) is 52.0 Å². The number of aliphatic carboxylic acids is 1. The molecule has 0 aliphatic heterocycles. The van der Waals surface area contributed by atoms with Gasteiger partial charge in [0.25, 0.3) is 5.91 Å². The van der Waals surface area contributed by atoms with Gasteiger partial charge in [-0.25, -0.2) is 14.8 Å². The molecule has 1 aromatic carbocycles. The van der Waals surface area contributed by atoms with Gasteiger partial charge in [0, 0.05) is 35.7 Å². The summed E-state index contributed by atoms with van der Waals surface area (Å²) in [4.78, 5) is 47.8. The fourth-order valence-corrected chi connectivity index (χ4v) is 4.45. The highest BCUT2D eigenvalue weighted by Gasteiger charge is 2.42. The first-order valence-electron chi connectivity index (χ1n) is 11.0. The van der Waals surface area contributed by atoms with E-state index in [2.05, 4.69) is 36.5 Å². The standard InChI is InChI=1S/C25H27BrN4O4S/c1-5-20(31)29-25(23(33)34,30-22(32)18-10-11-19(35-18)24(2,3)4)12-15-6-8-16(9-7-15)21-27-13-17(26)14-28-21/h6-11,13-14H,5,12H2,1-4H3,(H,29,31)(H,30,32)(H,33,34)/t25-/m0/s1. The molecule has 0 aliphatic rings. The fraction of sp³-hybridized carbons (Fsp3) is 0.320. The predicted octanol–water partition coefficient (Wildman–Crippen LogP) is 4.54. The number of hydrogen-bond donors (Lipinski definition) is 3. The quantitative estimate of drug-likeness (QED) is 0.349. The Bertz CT molecular complexity index is 1220. The second kappa shape index (κ2) is 10.7. The van der Waals surface area contributed by atoms with Gasteiger partial charge in [-0.15, -0.1) is 11.3 Å². The van der Waals surface area contributed by atoms with Crippen LogP contribution in [0.3, 0.4) is 0 Å². The van der Waals surface area contributed by atoms with Crippen LogP contribution < -0.4 is 10.6 Å². The molecule has 184 valence electrons. The van der Waals surface area contributed by atoms with Crippen molar-refractivity contribution in [3.8, 4) is 11.4 Å². The second-order valence-electron chi connectivity index (χ2n) is 9.08. The minimum absolute atomic E-state index is 0.0674. The van der Waals surface area contributed by atoms with Crippen LogP contribution in [0.2, 0.25) is 0 Å². The molecule has 2 amide bonds. The zero-order valence-corrected chi connectivity index (χ0v) is 22.3. The number of carboxylic acids is 1. The number of carboxylic acid groups (broad SMARTS) is 1. The number of amides is 2. The van der Waals surface area contributed by atoms with Crippen LogP contribution in [-0.4, -0.2) is 38.5 Å². The van der Waals surface area contributed by atoms with Crippen LogP contribution in [0, 0.1) is 0 Å². The van der Waals surface area contributed by atoms with Crippen LogP contribution in [0.4, 0.5) is 0 Å². The van der Waals surface area contributed by atoms with E-state index in [9.17, 15) is 19.5 Å². The topological polar surface area (TPSA) is 121 Å². The molecule has 0 bridgehead atoms. The predicted molar refractivity (Wildman–Crippen MR) is 138 cm³/mol. The third-order valence-corrected chi connectivity index (χ3v) is 7.16. The van der Waals surface area contributed by atoms with Crippen molar-refractivity contribution in [2.75, 3.05) is 0 Å². The van der Waals surface area contributed by atoms with Gasteiger partial charge in [0.2, 0.25) is 11.6 Å². The molecule has 1 atom stereocenters. The van der Waals surface area contributed by atoms with Crippen molar-refractivity contribution in [3.63, 3.8) is 0 Å². The Kier molecular flexibility index (Phi) is 8.07. The summed E-state index contributed by atoms with van der Waals surface area (Å²) in [5.74, 6) is -1.90. The number of carbonyl (C=O) groups excluding carboxylic acids is 2. The van der Waals surface area contributed by atoms with Crippen LogP contribution >= 0.6 is 27.3 Å². The second-order valence-corrected chi connectivity index (χ2v) is 11.1. The van der Waals surface area contributed by atoms with Crippen molar-refractivity contribution in [1.82, 2.24) is 20.6 Å². The SMILES string of the molecule is CCC(=O)N[C@@](Cc1ccc(-c2ncc(Br)cn2)cc1)(NC(=O)c1ccc(C(C)(C)C)s1)C(=O)O. The smallest absolute Gasteiger partial charge is 0.350 e. The van der Waals surface area contributed by atoms with Crippen molar-refractivity contribution >= 4 is 45.1 Å². The normalized spacial score (nSPS) is 13.1. The van der Waals surface area contributed by atoms with Crippen molar-refractivity contribution in [3.05, 3.63) is 68.6 Å². The van der Waals surface area contributed by atoms with Gasteiger partial charge in [-0.2, -0.15) is 0 Å². The van der Waals surface area contributed by atoms with Gasteiger partial charge in [-0.05, 0) is 39.0 Å². The number of nitrogens with zero attached hydrogens (tertiary/aromatic N) is 2. The molecule has 0 saturated carbocycles. The highest BCUT2D eigenvalue weighted by atomic mass is 79.9. The van der Waals surface area contributed by atoms with Crippen LogP contribution in [0.25, 0.3) is 11.4 Å². The number of benzene rings is 1. The Morgan fingerprint density at radius 3 is 2.14 bits per heavy atom. The lowest BCUT2D eigenvalue weighted by molar-refractivity contribution is -0.148. The number of nitrogens with one attached hydrogen (secondary N) is 2. The number of thiophene rings is 1. The minimum atomic E-state index is -2.02. The Morgan fingerprint density at radius 1 is 1.00 bits per heavy atom. The van der Waals surface area contributed by atoms with E-state index in [0.717, 1.165) is 14.9 Å². The Hall–Kier alpha value is -3.11. The first-order chi connectivity index (χ1) is 16.4. The van der Waals surface area contributed by atoms with Crippen LogP contribution in [0.15, 0.2) is 53.3 Å². The first-order valence-corrected chi connectivity index (χ1v) is 12.6. The molecule has 0 fully saturated rings. The van der Waals surface area contributed by atoms with Gasteiger partial charge < -0.3 is 15.7 Å². The van der Waals surface area contributed by atoms with E-state index in [-0.39, 0.29) is 18.3 Å². The highest BCUT2D eigenvalue weighted by Crippen LogP contribution is 2.30. The maximum atomic E-state index is 13.1. The number of aromatic nitrogens is 2. The maximum Gasteiger partial charge on any atom is 0.350 e. The summed E-state index contributed by atoms with van der Waals surface area (Å²) in [7, 11) is 0. The van der Waals surface area contributed by atoms with E-state index in [1.807, 2.05) is 26.8 Å². The highest BCUT2D eigenvalue weighted by molar-refractivity contribution is 9.10. The van der Waals surface area contributed by atoms with Crippen LogP contribution in [0.5, 0.6) is 0 Å². The monoisotopic (exact) mass is 558 g/mol. The summed E-state index contributed by atoms with van der Waals surface area (Å²) < 4.78 is 0.756. The van der Waals surface area contributed by atoms with Crippen molar-refractivity contribution < 1.29 is 19.5 Å². The van der Waals surface area contributed by atoms with E-state index < -0.39 is 23.4 Å². The third-order valence-electron chi connectivity index (χ3n) is 5.24. The molecule has 3 aromatic rings. The van der Waals surface area contributed by atoms with E-state index in [1.54, 1.807) is 49.6 Å². The van der Waals surface area contributed by atoms with Gasteiger partial charge in [0.15, 0.2) is 5.82 Å². The molecule has 0 saturated heterocycles. The number of hydrogen-bond acceptors (Lipinski definition) is 6. The molecular weight excluding hydrogens is 532 g/mol. The number of carbonyl (C=O) groups is 3. The average molecular weight is 559 g/mol.